The second-order valence-corrected chi connectivity index (χ2v) is 8.19. The fraction of sp³-hybridized carbons (Fsp3) is 0.190. The van der Waals surface area contributed by atoms with Crippen LogP contribution >= 0.6 is 22.9 Å². The lowest BCUT2D eigenvalue weighted by atomic mass is 10.2. The van der Waals surface area contributed by atoms with Crippen molar-refractivity contribution >= 4 is 44.2 Å². The van der Waals surface area contributed by atoms with Gasteiger partial charge >= 0.3 is 0 Å². The third-order valence-corrected chi connectivity index (χ3v) is 5.65. The third kappa shape index (κ3) is 3.66. The molecular weight excluding hydrogens is 392 g/mol. The van der Waals surface area contributed by atoms with Crippen molar-refractivity contribution in [3.8, 4) is 0 Å². The van der Waals surface area contributed by atoms with Gasteiger partial charge in [-0.3, -0.25) is 14.4 Å². The molecule has 2 heterocycles. The Morgan fingerprint density at radius 2 is 1.96 bits per heavy atom. The molecule has 5 nitrogen and oxygen atoms in total. The smallest absolute Gasteiger partial charge is 0.278 e. The number of rotatable bonds is 5. The summed E-state index contributed by atoms with van der Waals surface area (Å²) in [6.07, 6.45) is 1.66. The normalized spacial score (nSPS) is 11.3. The average Bonchev–Trinajstić information content (AvgIpc) is 3.33. The molecule has 0 radical (unpaired) electrons. The Balaban J connectivity index is 1.78. The van der Waals surface area contributed by atoms with Gasteiger partial charge < -0.3 is 0 Å². The number of anilines is 1. The number of thiazole rings is 1. The van der Waals surface area contributed by atoms with E-state index in [1.54, 1.807) is 21.8 Å². The molecule has 2 aromatic heterocycles. The molecule has 1 amide bonds. The van der Waals surface area contributed by atoms with E-state index in [1.807, 2.05) is 62.4 Å². The first-order valence-corrected chi connectivity index (χ1v) is 10.2. The minimum absolute atomic E-state index is 0.0849. The van der Waals surface area contributed by atoms with Crippen molar-refractivity contribution in [1.82, 2.24) is 14.8 Å². The van der Waals surface area contributed by atoms with Crippen LogP contribution in [0.1, 0.15) is 35.9 Å². The molecule has 0 N–H and O–H groups in total. The number of halogens is 1. The summed E-state index contributed by atoms with van der Waals surface area (Å²) >= 11 is 7.58. The molecule has 4 aromatic rings. The Kier molecular flexibility index (Phi) is 5.15. The van der Waals surface area contributed by atoms with Crippen LogP contribution in [0.15, 0.2) is 60.8 Å². The van der Waals surface area contributed by atoms with Gasteiger partial charge in [-0.05, 0) is 43.7 Å². The molecule has 0 fully saturated rings. The van der Waals surface area contributed by atoms with Gasteiger partial charge in [-0.1, -0.05) is 53.3 Å². The molecule has 4 rings (SSSR count). The molecule has 0 saturated carbocycles. The predicted octanol–water partition coefficient (Wildman–Crippen LogP) is 5.57. The van der Waals surface area contributed by atoms with Crippen LogP contribution in [0.4, 0.5) is 5.13 Å². The lowest BCUT2D eigenvalue weighted by molar-refractivity contribution is 0.0973. The molecule has 0 unspecified atom stereocenters. The number of aromatic nitrogens is 3. The van der Waals surface area contributed by atoms with Crippen molar-refractivity contribution in [2.75, 3.05) is 4.90 Å². The van der Waals surface area contributed by atoms with Crippen LogP contribution in [0.5, 0.6) is 0 Å². The van der Waals surface area contributed by atoms with E-state index in [1.165, 1.54) is 11.3 Å². The summed E-state index contributed by atoms with van der Waals surface area (Å²) in [5.74, 6) is -0.125. The van der Waals surface area contributed by atoms with E-state index in [2.05, 4.69) is 5.10 Å². The molecule has 0 atom stereocenters. The summed E-state index contributed by atoms with van der Waals surface area (Å²) in [5.41, 5.74) is 2.40. The molecule has 7 heteroatoms. The fourth-order valence-corrected chi connectivity index (χ4v) is 4.27. The average molecular weight is 411 g/mol. The molecule has 0 spiro atoms. The maximum Gasteiger partial charge on any atom is 0.278 e. The van der Waals surface area contributed by atoms with Gasteiger partial charge in [0.05, 0.1) is 16.8 Å². The Morgan fingerprint density at radius 1 is 1.18 bits per heavy atom. The van der Waals surface area contributed by atoms with E-state index in [0.29, 0.717) is 22.4 Å². The van der Waals surface area contributed by atoms with E-state index in [0.717, 1.165) is 15.8 Å². The van der Waals surface area contributed by atoms with Gasteiger partial charge in [0.25, 0.3) is 5.91 Å². The van der Waals surface area contributed by atoms with Crippen LogP contribution in [-0.2, 0) is 6.54 Å². The molecule has 142 valence electrons. The number of carbonyl (C=O) groups excluding carboxylic acids is 1. The van der Waals surface area contributed by atoms with Crippen LogP contribution in [0.2, 0.25) is 5.02 Å². The standard InChI is InChI=1S/C21H19ClN4OS/c1-14(2)26-18(10-11-23-26)20(27)25(13-15-6-4-3-5-7-15)21-24-17-9-8-16(22)12-19(17)28-21/h3-12,14H,13H2,1-2H3. The van der Waals surface area contributed by atoms with Gasteiger partial charge in [0.1, 0.15) is 5.69 Å². The van der Waals surface area contributed by atoms with Gasteiger partial charge in [0.15, 0.2) is 5.13 Å². The Morgan fingerprint density at radius 3 is 2.71 bits per heavy atom. The quantitative estimate of drug-likeness (QED) is 0.432. The lowest BCUT2D eigenvalue weighted by Crippen LogP contribution is -2.32. The van der Waals surface area contributed by atoms with Crippen LogP contribution in [0, 0.1) is 0 Å². The van der Waals surface area contributed by atoms with Crippen LogP contribution < -0.4 is 4.90 Å². The van der Waals surface area contributed by atoms with Gasteiger partial charge in [0, 0.05) is 17.3 Å². The van der Waals surface area contributed by atoms with Crippen molar-refractivity contribution < 1.29 is 4.79 Å². The second-order valence-electron chi connectivity index (χ2n) is 6.74. The van der Waals surface area contributed by atoms with E-state index < -0.39 is 0 Å². The molecule has 0 aliphatic rings. The number of hydrogen-bond acceptors (Lipinski definition) is 4. The predicted molar refractivity (Wildman–Crippen MR) is 114 cm³/mol. The fourth-order valence-electron chi connectivity index (χ4n) is 3.03. The molecule has 0 bridgehead atoms. The number of fused-ring (bicyclic) bond motifs is 1. The van der Waals surface area contributed by atoms with Gasteiger partial charge in [-0.15, -0.1) is 0 Å². The van der Waals surface area contributed by atoms with Crippen LogP contribution in [0.25, 0.3) is 10.2 Å². The van der Waals surface area contributed by atoms with E-state index in [4.69, 9.17) is 16.6 Å². The van der Waals surface area contributed by atoms with Crippen molar-refractivity contribution in [2.45, 2.75) is 26.4 Å². The van der Waals surface area contributed by atoms with E-state index in [-0.39, 0.29) is 11.9 Å². The van der Waals surface area contributed by atoms with Crippen molar-refractivity contribution in [3.63, 3.8) is 0 Å². The first-order chi connectivity index (χ1) is 13.5. The van der Waals surface area contributed by atoms with Gasteiger partial charge in [-0.2, -0.15) is 5.10 Å². The largest absolute Gasteiger partial charge is 0.278 e. The third-order valence-electron chi connectivity index (χ3n) is 4.38. The lowest BCUT2D eigenvalue weighted by Gasteiger charge is -2.21. The first kappa shape index (κ1) is 18.7. The zero-order chi connectivity index (χ0) is 19.7. The summed E-state index contributed by atoms with van der Waals surface area (Å²) < 4.78 is 2.69. The molecule has 0 aliphatic carbocycles. The molecular formula is C21H19ClN4OS. The highest BCUT2D eigenvalue weighted by molar-refractivity contribution is 7.22. The van der Waals surface area contributed by atoms with Crippen molar-refractivity contribution in [1.29, 1.82) is 0 Å². The first-order valence-electron chi connectivity index (χ1n) is 8.98. The maximum atomic E-state index is 13.5. The number of amides is 1. The highest BCUT2D eigenvalue weighted by Crippen LogP contribution is 2.32. The Hall–Kier alpha value is -2.70. The van der Waals surface area contributed by atoms with E-state index >= 15 is 0 Å². The summed E-state index contributed by atoms with van der Waals surface area (Å²) in [4.78, 5) is 19.9. The molecule has 2 aromatic carbocycles. The summed E-state index contributed by atoms with van der Waals surface area (Å²) in [7, 11) is 0. The molecule has 0 aliphatic heterocycles. The maximum absolute atomic E-state index is 13.5. The molecule has 28 heavy (non-hydrogen) atoms. The number of hydrogen-bond donors (Lipinski definition) is 0. The second kappa shape index (κ2) is 7.73. The minimum Gasteiger partial charge on any atom is -0.278 e. The SMILES string of the molecule is CC(C)n1nccc1C(=O)N(Cc1ccccc1)c1nc2ccc(Cl)cc2s1. The van der Waals surface area contributed by atoms with Crippen LogP contribution in [-0.4, -0.2) is 20.7 Å². The van der Waals surface area contributed by atoms with E-state index in [9.17, 15) is 4.79 Å². The van der Waals surface area contributed by atoms with Crippen molar-refractivity contribution in [3.05, 3.63) is 77.1 Å². The van der Waals surface area contributed by atoms with Crippen molar-refractivity contribution in [2.24, 2.45) is 0 Å². The monoisotopic (exact) mass is 410 g/mol. The number of carbonyl (C=O) groups is 1. The highest BCUT2D eigenvalue weighted by Gasteiger charge is 2.25. The Labute approximate surface area is 172 Å². The molecule has 0 saturated heterocycles. The Bertz CT molecular complexity index is 1120. The van der Waals surface area contributed by atoms with Crippen LogP contribution in [0.3, 0.4) is 0 Å². The zero-order valence-electron chi connectivity index (χ0n) is 15.5. The van der Waals surface area contributed by atoms with Gasteiger partial charge in [-0.25, -0.2) is 4.98 Å². The number of nitrogens with zero attached hydrogens (tertiary/aromatic N) is 4. The highest BCUT2D eigenvalue weighted by atomic mass is 35.5. The summed E-state index contributed by atoms with van der Waals surface area (Å²) in [6, 6.07) is 17.3. The topological polar surface area (TPSA) is 51.0 Å². The summed E-state index contributed by atoms with van der Waals surface area (Å²) in [6.45, 7) is 4.44. The minimum atomic E-state index is -0.125. The number of benzene rings is 2. The zero-order valence-corrected chi connectivity index (χ0v) is 17.1. The summed E-state index contributed by atoms with van der Waals surface area (Å²) in [5, 5.41) is 5.60. The van der Waals surface area contributed by atoms with Gasteiger partial charge in [0.2, 0.25) is 0 Å².